The van der Waals surface area contributed by atoms with Crippen molar-refractivity contribution in [3.8, 4) is 5.75 Å². The Morgan fingerprint density at radius 2 is 1.70 bits per heavy atom. The molecular formula is C39H47FN4O6. The number of carbonyl (C=O) groups is 4. The maximum absolute atomic E-state index is 14.3. The van der Waals surface area contributed by atoms with Crippen LogP contribution >= 0.6 is 0 Å². The summed E-state index contributed by atoms with van der Waals surface area (Å²) in [6, 6.07) is 20.5. The average molecular weight is 687 g/mol. The minimum absolute atomic E-state index is 0.0199. The van der Waals surface area contributed by atoms with Gasteiger partial charge in [0.05, 0.1) is 11.6 Å². The van der Waals surface area contributed by atoms with Crippen molar-refractivity contribution in [1.29, 1.82) is 0 Å². The minimum Gasteiger partial charge on any atom is -0.491 e. The predicted octanol–water partition coefficient (Wildman–Crippen LogP) is 4.17. The number of fused-ring (bicyclic) bond motifs is 1. The Morgan fingerprint density at radius 3 is 2.42 bits per heavy atom. The summed E-state index contributed by atoms with van der Waals surface area (Å²) in [5.74, 6) is -1.97. The fourth-order valence-electron chi connectivity index (χ4n) is 6.63. The zero-order valence-corrected chi connectivity index (χ0v) is 29.0. The summed E-state index contributed by atoms with van der Waals surface area (Å²) >= 11 is 0. The molecule has 3 aromatic carbocycles. The van der Waals surface area contributed by atoms with E-state index in [0.29, 0.717) is 38.2 Å². The topological polar surface area (TPSA) is 126 Å². The predicted molar refractivity (Wildman–Crippen MR) is 187 cm³/mol. The van der Waals surface area contributed by atoms with Crippen LogP contribution in [0.4, 0.5) is 4.39 Å². The van der Waals surface area contributed by atoms with Crippen LogP contribution in [0.25, 0.3) is 0 Å². The van der Waals surface area contributed by atoms with Gasteiger partial charge in [-0.15, -0.1) is 0 Å². The van der Waals surface area contributed by atoms with Crippen molar-refractivity contribution in [3.63, 3.8) is 0 Å². The zero-order chi connectivity index (χ0) is 35.7. The molecule has 3 aromatic rings. The first-order valence-corrected chi connectivity index (χ1v) is 17.3. The molecule has 0 bridgehead atoms. The number of carbonyl (C=O) groups excluding carboxylic acids is 4. The van der Waals surface area contributed by atoms with Gasteiger partial charge >= 0.3 is 0 Å². The van der Waals surface area contributed by atoms with Gasteiger partial charge in [0, 0.05) is 38.6 Å². The van der Waals surface area contributed by atoms with Gasteiger partial charge < -0.3 is 30.3 Å². The van der Waals surface area contributed by atoms with E-state index >= 15 is 0 Å². The Balaban J connectivity index is 1.42. The van der Waals surface area contributed by atoms with E-state index in [1.807, 2.05) is 50.2 Å². The number of likely N-dealkylation sites (N-methyl/N-ethyl adjacent to an activating group) is 1. The number of hydrogen-bond acceptors (Lipinski definition) is 6. The highest BCUT2D eigenvalue weighted by Crippen LogP contribution is 2.34. The van der Waals surface area contributed by atoms with Gasteiger partial charge in [0.1, 0.15) is 30.3 Å². The molecule has 11 heteroatoms. The maximum atomic E-state index is 14.3. The van der Waals surface area contributed by atoms with Crippen LogP contribution in [-0.2, 0) is 31.0 Å². The van der Waals surface area contributed by atoms with Gasteiger partial charge in [-0.05, 0) is 67.0 Å². The number of benzene rings is 3. The highest BCUT2D eigenvalue weighted by molar-refractivity contribution is 6.00. The van der Waals surface area contributed by atoms with Crippen LogP contribution < -0.4 is 20.7 Å². The van der Waals surface area contributed by atoms with Gasteiger partial charge in [-0.1, -0.05) is 68.4 Å². The Labute approximate surface area is 293 Å². The van der Waals surface area contributed by atoms with E-state index in [9.17, 15) is 23.6 Å². The van der Waals surface area contributed by atoms with Crippen LogP contribution in [0.3, 0.4) is 0 Å². The van der Waals surface area contributed by atoms with Crippen molar-refractivity contribution >= 4 is 23.6 Å². The normalized spacial score (nSPS) is 21.9. The summed E-state index contributed by atoms with van der Waals surface area (Å²) in [5, 5.41) is 8.73. The molecule has 2 aliphatic heterocycles. The second-order valence-corrected chi connectivity index (χ2v) is 13.6. The molecule has 0 aromatic heterocycles. The summed E-state index contributed by atoms with van der Waals surface area (Å²) in [4.78, 5) is 56.6. The van der Waals surface area contributed by atoms with E-state index in [2.05, 4.69) is 16.0 Å². The second-order valence-electron chi connectivity index (χ2n) is 13.6. The van der Waals surface area contributed by atoms with E-state index in [-0.39, 0.29) is 49.2 Å². The van der Waals surface area contributed by atoms with Crippen molar-refractivity contribution in [3.05, 3.63) is 101 Å². The largest absolute Gasteiger partial charge is 0.491 e. The molecule has 0 unspecified atom stereocenters. The van der Waals surface area contributed by atoms with E-state index in [1.54, 1.807) is 42.3 Å². The minimum atomic E-state index is -1.09. The monoisotopic (exact) mass is 686 g/mol. The fraction of sp³-hybridized carbons (Fsp3) is 0.436. The first-order valence-electron chi connectivity index (χ1n) is 17.3. The molecule has 3 N–H and O–H groups in total. The van der Waals surface area contributed by atoms with Gasteiger partial charge in [-0.25, -0.2) is 4.39 Å². The van der Waals surface area contributed by atoms with Crippen molar-refractivity contribution < 1.29 is 33.0 Å². The molecular weight excluding hydrogens is 639 g/mol. The molecule has 0 aliphatic carbocycles. The lowest BCUT2D eigenvalue weighted by Crippen LogP contribution is -2.54. The summed E-state index contributed by atoms with van der Waals surface area (Å²) in [7, 11) is 1.70. The number of amides is 4. The Kier molecular flexibility index (Phi) is 12.2. The Bertz CT molecular complexity index is 1640. The third kappa shape index (κ3) is 9.06. The van der Waals surface area contributed by atoms with Gasteiger partial charge in [-0.2, -0.15) is 0 Å². The first-order chi connectivity index (χ1) is 24.1. The first kappa shape index (κ1) is 36.5. The van der Waals surface area contributed by atoms with E-state index < -0.39 is 41.3 Å². The number of halogens is 1. The molecule has 0 spiro atoms. The van der Waals surface area contributed by atoms with Crippen LogP contribution in [0.5, 0.6) is 5.75 Å². The van der Waals surface area contributed by atoms with Gasteiger partial charge in [-0.3, -0.25) is 19.2 Å². The van der Waals surface area contributed by atoms with Crippen LogP contribution in [0, 0.1) is 11.7 Å². The van der Waals surface area contributed by atoms with Crippen LogP contribution in [0.15, 0.2) is 78.9 Å². The van der Waals surface area contributed by atoms with E-state index in [1.165, 1.54) is 12.1 Å². The summed E-state index contributed by atoms with van der Waals surface area (Å²) < 4.78 is 26.1. The molecule has 2 aliphatic rings. The van der Waals surface area contributed by atoms with E-state index in [4.69, 9.17) is 9.47 Å². The van der Waals surface area contributed by atoms with Crippen LogP contribution in [0.2, 0.25) is 0 Å². The molecule has 5 rings (SSSR count). The molecule has 4 amide bonds. The summed E-state index contributed by atoms with van der Waals surface area (Å²) in [6.45, 7) is 4.92. The number of nitrogens with one attached hydrogen (secondary N) is 3. The van der Waals surface area contributed by atoms with Crippen molar-refractivity contribution in [2.45, 2.75) is 69.5 Å². The van der Waals surface area contributed by atoms with Crippen molar-refractivity contribution in [2.75, 3.05) is 33.4 Å². The molecule has 1 saturated heterocycles. The highest BCUT2D eigenvalue weighted by Gasteiger charge is 2.37. The Hall–Kier alpha value is -4.77. The van der Waals surface area contributed by atoms with E-state index in [0.717, 1.165) is 11.1 Å². The molecule has 1 fully saturated rings. The number of ether oxygens (including phenoxy) is 2. The maximum Gasteiger partial charge on any atom is 0.255 e. The van der Waals surface area contributed by atoms with Gasteiger partial charge in [0.2, 0.25) is 17.7 Å². The third-order valence-corrected chi connectivity index (χ3v) is 9.79. The van der Waals surface area contributed by atoms with Crippen molar-refractivity contribution in [1.82, 2.24) is 20.9 Å². The standard InChI is InChI=1S/C39H47FN4O6/c1-26(2)35-38(48)44(3)30(22-27-10-5-4-6-11-27)24-50-33-15-8-7-14-31(33)36(46)42-32(16-17-34(45)43-35)37(47)41-25-39(18-20-49-21-19-39)28-12-9-13-29(40)23-28/h4-15,23,26,30,32,35H,16-22,24-25H2,1-3H3,(H,41,47)(H,42,46)(H,43,45)/t30-,32+,35+/m1/s1. The number of nitrogens with zero attached hydrogens (tertiary/aromatic N) is 1. The van der Waals surface area contributed by atoms with Crippen molar-refractivity contribution in [2.24, 2.45) is 5.92 Å². The zero-order valence-electron chi connectivity index (χ0n) is 29.0. The molecule has 266 valence electrons. The number of para-hydroxylation sites is 1. The Morgan fingerprint density at radius 1 is 0.980 bits per heavy atom. The lowest BCUT2D eigenvalue weighted by atomic mass is 9.74. The molecule has 3 atom stereocenters. The van der Waals surface area contributed by atoms with Gasteiger partial charge in [0.15, 0.2) is 0 Å². The quantitative estimate of drug-likeness (QED) is 0.343. The summed E-state index contributed by atoms with van der Waals surface area (Å²) in [6.07, 6.45) is 1.50. The SMILES string of the molecule is CC(C)[C@@H]1NC(=O)CC[C@@H](C(=O)NCC2(c3cccc(F)c3)CCOCC2)NC(=O)c2ccccc2OC[C@@H](Cc2ccccc2)N(C)C1=O. The smallest absolute Gasteiger partial charge is 0.255 e. The molecule has 0 saturated carbocycles. The number of rotatable bonds is 7. The van der Waals surface area contributed by atoms with Crippen LogP contribution in [0.1, 0.15) is 61.0 Å². The second kappa shape index (κ2) is 16.8. The third-order valence-electron chi connectivity index (χ3n) is 9.79. The van der Waals surface area contributed by atoms with Crippen LogP contribution in [-0.4, -0.2) is 80.1 Å². The molecule has 50 heavy (non-hydrogen) atoms. The fourth-order valence-corrected chi connectivity index (χ4v) is 6.63. The lowest BCUT2D eigenvalue weighted by Gasteiger charge is -2.38. The van der Waals surface area contributed by atoms with Gasteiger partial charge in [0.25, 0.3) is 5.91 Å². The lowest BCUT2D eigenvalue weighted by molar-refractivity contribution is -0.139. The average Bonchev–Trinajstić information content (AvgIpc) is 3.13. The molecule has 10 nitrogen and oxygen atoms in total. The molecule has 0 radical (unpaired) electrons. The molecule has 2 heterocycles. The summed E-state index contributed by atoms with van der Waals surface area (Å²) in [5.41, 5.74) is 1.42. The number of hydrogen-bond donors (Lipinski definition) is 3. The highest BCUT2D eigenvalue weighted by atomic mass is 19.1.